The van der Waals surface area contributed by atoms with Gasteiger partial charge in [0, 0.05) is 24.7 Å². The van der Waals surface area contributed by atoms with Crippen LogP contribution < -0.4 is 10.6 Å². The molecule has 0 radical (unpaired) electrons. The van der Waals surface area contributed by atoms with Crippen molar-refractivity contribution in [2.45, 2.75) is 26.2 Å². The van der Waals surface area contributed by atoms with Crippen molar-refractivity contribution in [3.63, 3.8) is 0 Å². The summed E-state index contributed by atoms with van der Waals surface area (Å²) in [6.07, 6.45) is 5.29. The van der Waals surface area contributed by atoms with Crippen LogP contribution in [0.2, 0.25) is 0 Å². The number of rotatable bonds is 7. The Morgan fingerprint density at radius 3 is 2.59 bits per heavy atom. The Balaban J connectivity index is 1.69. The molecule has 0 saturated heterocycles. The summed E-state index contributed by atoms with van der Waals surface area (Å²) in [6.45, 7) is 2.08. The molecule has 0 aliphatic heterocycles. The normalized spacial score (nSPS) is 10.2. The molecule has 1 aromatic heterocycles. The second-order valence-electron chi connectivity index (χ2n) is 5.04. The molecule has 0 aliphatic rings. The number of aryl methyl sites for hydroxylation is 1. The second kappa shape index (κ2) is 7.97. The maximum absolute atomic E-state index is 11.8. The smallest absolute Gasteiger partial charge is 0.224 e. The average molecular weight is 301 g/mol. The molecule has 1 aromatic carbocycles. The zero-order valence-corrected chi connectivity index (χ0v) is 12.5. The average Bonchev–Trinajstić information content (AvgIpc) is 2.98. The van der Waals surface area contributed by atoms with Gasteiger partial charge >= 0.3 is 0 Å². The van der Waals surface area contributed by atoms with E-state index in [4.69, 9.17) is 4.52 Å². The summed E-state index contributed by atoms with van der Waals surface area (Å²) < 4.78 is 4.74. The van der Waals surface area contributed by atoms with E-state index in [-0.39, 0.29) is 11.8 Å². The van der Waals surface area contributed by atoms with Gasteiger partial charge in [0.1, 0.15) is 6.26 Å². The lowest BCUT2D eigenvalue weighted by Gasteiger charge is -2.06. The SMILES string of the molecule is CC(=O)Nc1ccc(CC(=O)NCCCc2cnoc2)cc1. The van der Waals surface area contributed by atoms with E-state index in [2.05, 4.69) is 15.8 Å². The minimum atomic E-state index is -0.113. The van der Waals surface area contributed by atoms with Crippen molar-refractivity contribution in [2.75, 3.05) is 11.9 Å². The first-order chi connectivity index (χ1) is 10.6. The minimum absolute atomic E-state index is 0.0161. The van der Waals surface area contributed by atoms with Crippen molar-refractivity contribution in [2.24, 2.45) is 0 Å². The predicted octanol–water partition coefficient (Wildman–Crippen LogP) is 1.92. The highest BCUT2D eigenvalue weighted by atomic mass is 16.5. The largest absolute Gasteiger partial charge is 0.364 e. The summed E-state index contributed by atoms with van der Waals surface area (Å²) >= 11 is 0. The number of hydrogen-bond acceptors (Lipinski definition) is 4. The van der Waals surface area contributed by atoms with Gasteiger partial charge in [0.25, 0.3) is 0 Å². The summed E-state index contributed by atoms with van der Waals surface area (Å²) in [5, 5.41) is 9.20. The van der Waals surface area contributed by atoms with Crippen molar-refractivity contribution in [1.29, 1.82) is 0 Å². The third kappa shape index (κ3) is 5.40. The standard InChI is InChI=1S/C16H19N3O3/c1-12(20)19-15-6-4-13(5-7-15)9-16(21)17-8-2-3-14-10-18-22-11-14/h4-7,10-11H,2-3,8-9H2,1H3,(H,17,21)(H,19,20). The monoisotopic (exact) mass is 301 g/mol. The van der Waals surface area contributed by atoms with Crippen molar-refractivity contribution in [3.8, 4) is 0 Å². The summed E-state index contributed by atoms with van der Waals surface area (Å²) in [7, 11) is 0. The van der Waals surface area contributed by atoms with E-state index in [0.29, 0.717) is 13.0 Å². The Morgan fingerprint density at radius 1 is 1.18 bits per heavy atom. The van der Waals surface area contributed by atoms with Gasteiger partial charge in [-0.2, -0.15) is 0 Å². The highest BCUT2D eigenvalue weighted by Gasteiger charge is 2.04. The van der Waals surface area contributed by atoms with Crippen LogP contribution in [0.4, 0.5) is 5.69 Å². The second-order valence-corrected chi connectivity index (χ2v) is 5.04. The third-order valence-corrected chi connectivity index (χ3v) is 3.09. The van der Waals surface area contributed by atoms with E-state index in [9.17, 15) is 9.59 Å². The maximum atomic E-state index is 11.8. The van der Waals surface area contributed by atoms with Crippen molar-refractivity contribution in [3.05, 3.63) is 47.9 Å². The number of nitrogens with zero attached hydrogens (tertiary/aromatic N) is 1. The Bertz CT molecular complexity index is 606. The molecule has 0 aliphatic carbocycles. The lowest BCUT2D eigenvalue weighted by Crippen LogP contribution is -2.26. The van der Waals surface area contributed by atoms with E-state index in [1.54, 1.807) is 24.6 Å². The van der Waals surface area contributed by atoms with Crippen LogP contribution in [-0.2, 0) is 22.4 Å². The van der Waals surface area contributed by atoms with Crippen LogP contribution in [0.15, 0.2) is 41.2 Å². The topological polar surface area (TPSA) is 84.2 Å². The number of benzene rings is 1. The van der Waals surface area contributed by atoms with Gasteiger partial charge in [0.15, 0.2) is 0 Å². The molecule has 0 unspecified atom stereocenters. The number of anilines is 1. The van der Waals surface area contributed by atoms with E-state index in [0.717, 1.165) is 29.7 Å². The Labute approximate surface area is 128 Å². The van der Waals surface area contributed by atoms with Crippen LogP contribution in [0.1, 0.15) is 24.5 Å². The van der Waals surface area contributed by atoms with Gasteiger partial charge in [-0.25, -0.2) is 0 Å². The molecular weight excluding hydrogens is 282 g/mol. The van der Waals surface area contributed by atoms with E-state index < -0.39 is 0 Å². The number of carbonyl (C=O) groups excluding carboxylic acids is 2. The van der Waals surface area contributed by atoms with Crippen molar-refractivity contribution < 1.29 is 14.1 Å². The molecule has 0 spiro atoms. The zero-order valence-electron chi connectivity index (χ0n) is 12.5. The minimum Gasteiger partial charge on any atom is -0.364 e. The molecule has 2 rings (SSSR count). The van der Waals surface area contributed by atoms with Gasteiger partial charge in [-0.05, 0) is 30.5 Å². The van der Waals surface area contributed by atoms with Crippen LogP contribution in [0.25, 0.3) is 0 Å². The molecule has 0 bridgehead atoms. The van der Waals surface area contributed by atoms with Gasteiger partial charge in [0.05, 0.1) is 12.6 Å². The fraction of sp³-hybridized carbons (Fsp3) is 0.312. The molecule has 6 heteroatoms. The maximum Gasteiger partial charge on any atom is 0.224 e. The predicted molar refractivity (Wildman–Crippen MR) is 82.3 cm³/mol. The number of hydrogen-bond donors (Lipinski definition) is 2. The first kappa shape index (κ1) is 15.8. The number of nitrogens with one attached hydrogen (secondary N) is 2. The van der Waals surface area contributed by atoms with Gasteiger partial charge in [0.2, 0.25) is 11.8 Å². The number of aromatic nitrogens is 1. The molecule has 0 atom stereocenters. The van der Waals surface area contributed by atoms with E-state index in [1.807, 2.05) is 12.1 Å². The Morgan fingerprint density at radius 2 is 1.95 bits per heavy atom. The molecule has 6 nitrogen and oxygen atoms in total. The molecular formula is C16H19N3O3. The Hall–Kier alpha value is -2.63. The number of amides is 2. The fourth-order valence-electron chi connectivity index (χ4n) is 2.03. The summed E-state index contributed by atoms with van der Waals surface area (Å²) in [6, 6.07) is 7.25. The summed E-state index contributed by atoms with van der Waals surface area (Å²) in [4.78, 5) is 22.7. The van der Waals surface area contributed by atoms with Gasteiger partial charge in [-0.15, -0.1) is 0 Å². The van der Waals surface area contributed by atoms with E-state index in [1.165, 1.54) is 6.92 Å². The van der Waals surface area contributed by atoms with Gasteiger partial charge in [-0.1, -0.05) is 17.3 Å². The third-order valence-electron chi connectivity index (χ3n) is 3.09. The molecule has 22 heavy (non-hydrogen) atoms. The molecule has 0 saturated carbocycles. The van der Waals surface area contributed by atoms with Gasteiger partial charge in [-0.3, -0.25) is 9.59 Å². The first-order valence-corrected chi connectivity index (χ1v) is 7.15. The fourth-order valence-corrected chi connectivity index (χ4v) is 2.03. The first-order valence-electron chi connectivity index (χ1n) is 7.15. The van der Waals surface area contributed by atoms with Crippen molar-refractivity contribution >= 4 is 17.5 Å². The molecule has 0 fully saturated rings. The Kier molecular flexibility index (Phi) is 5.71. The molecule has 116 valence electrons. The molecule has 1 heterocycles. The summed E-state index contributed by atoms with van der Waals surface area (Å²) in [5.74, 6) is -0.129. The van der Waals surface area contributed by atoms with Crippen LogP contribution >= 0.6 is 0 Å². The van der Waals surface area contributed by atoms with Gasteiger partial charge < -0.3 is 15.2 Å². The highest BCUT2D eigenvalue weighted by molar-refractivity contribution is 5.88. The molecule has 2 amide bonds. The summed E-state index contributed by atoms with van der Waals surface area (Å²) in [5.41, 5.74) is 2.67. The van der Waals surface area contributed by atoms with Crippen LogP contribution in [0.3, 0.4) is 0 Å². The van der Waals surface area contributed by atoms with Crippen molar-refractivity contribution in [1.82, 2.24) is 10.5 Å². The van der Waals surface area contributed by atoms with Crippen LogP contribution in [-0.4, -0.2) is 23.5 Å². The van der Waals surface area contributed by atoms with E-state index >= 15 is 0 Å². The highest BCUT2D eigenvalue weighted by Crippen LogP contribution is 2.10. The van der Waals surface area contributed by atoms with Crippen LogP contribution in [0.5, 0.6) is 0 Å². The quantitative estimate of drug-likeness (QED) is 0.765. The lowest BCUT2D eigenvalue weighted by atomic mass is 10.1. The molecule has 2 N–H and O–H groups in total. The molecule has 2 aromatic rings. The lowest BCUT2D eigenvalue weighted by molar-refractivity contribution is -0.120. The number of carbonyl (C=O) groups is 2. The zero-order chi connectivity index (χ0) is 15.8. The van der Waals surface area contributed by atoms with Crippen LogP contribution in [0, 0.1) is 0 Å².